The van der Waals surface area contributed by atoms with E-state index in [0.717, 1.165) is 41.9 Å². The largest absolute Gasteiger partial charge is 0.379 e. The second-order valence-corrected chi connectivity index (χ2v) is 5.02. The molecule has 1 N–H and O–H groups in total. The summed E-state index contributed by atoms with van der Waals surface area (Å²) >= 11 is 0. The van der Waals surface area contributed by atoms with Crippen molar-refractivity contribution < 1.29 is 9.47 Å². The van der Waals surface area contributed by atoms with Crippen molar-refractivity contribution in [3.05, 3.63) is 35.9 Å². The number of nitrogens with zero attached hydrogens (tertiary/aromatic N) is 1. The Kier molecular flexibility index (Phi) is 4.14. The molecule has 1 aliphatic heterocycles. The zero-order valence-electron chi connectivity index (χ0n) is 11.8. The van der Waals surface area contributed by atoms with E-state index in [1.165, 1.54) is 0 Å². The Balaban J connectivity index is 1.84. The first-order valence-corrected chi connectivity index (χ1v) is 7.18. The number of ether oxygens (including phenoxy) is 2. The van der Waals surface area contributed by atoms with Gasteiger partial charge in [0.15, 0.2) is 0 Å². The molecule has 0 spiro atoms. The van der Waals surface area contributed by atoms with Crippen molar-refractivity contribution in [2.75, 3.05) is 25.1 Å². The lowest BCUT2D eigenvalue weighted by Crippen LogP contribution is -2.13. The molecule has 0 bridgehead atoms. The molecule has 1 saturated heterocycles. The number of fused-ring (bicyclic) bond motifs is 1. The zero-order chi connectivity index (χ0) is 13.8. The van der Waals surface area contributed by atoms with Gasteiger partial charge in [0.2, 0.25) is 0 Å². The lowest BCUT2D eigenvalue weighted by Gasteiger charge is -2.14. The summed E-state index contributed by atoms with van der Waals surface area (Å²) < 4.78 is 11.3. The van der Waals surface area contributed by atoms with Gasteiger partial charge in [-0.15, -0.1) is 0 Å². The molecule has 1 aliphatic rings. The van der Waals surface area contributed by atoms with Crippen LogP contribution >= 0.6 is 0 Å². The molecule has 1 aromatic heterocycles. The maximum atomic E-state index is 5.92. The molecule has 4 nitrogen and oxygen atoms in total. The summed E-state index contributed by atoms with van der Waals surface area (Å²) in [6.45, 7) is 5.02. The van der Waals surface area contributed by atoms with Gasteiger partial charge in [0.1, 0.15) is 5.82 Å². The molecular weight excluding hydrogens is 252 g/mol. The van der Waals surface area contributed by atoms with Crippen LogP contribution in [0, 0.1) is 0 Å². The Morgan fingerprint density at radius 2 is 2.30 bits per heavy atom. The monoisotopic (exact) mass is 272 g/mol. The van der Waals surface area contributed by atoms with Crippen LogP contribution in [0.4, 0.5) is 5.82 Å². The summed E-state index contributed by atoms with van der Waals surface area (Å²) in [4.78, 5) is 4.69. The van der Waals surface area contributed by atoms with E-state index in [9.17, 15) is 0 Å². The predicted molar refractivity (Wildman–Crippen MR) is 79.9 cm³/mol. The van der Waals surface area contributed by atoms with Crippen LogP contribution in [0.3, 0.4) is 0 Å². The number of rotatable bonds is 5. The number of hydrogen-bond donors (Lipinski definition) is 1. The molecule has 20 heavy (non-hydrogen) atoms. The Bertz CT molecular complexity index is 580. The summed E-state index contributed by atoms with van der Waals surface area (Å²) in [5, 5.41) is 4.47. The highest BCUT2D eigenvalue weighted by Crippen LogP contribution is 2.22. The van der Waals surface area contributed by atoms with E-state index in [1.54, 1.807) is 0 Å². The molecule has 1 fully saturated rings. The average molecular weight is 272 g/mol. The highest BCUT2D eigenvalue weighted by Gasteiger charge is 2.17. The average Bonchev–Trinajstić information content (AvgIpc) is 2.98. The highest BCUT2D eigenvalue weighted by atomic mass is 16.5. The van der Waals surface area contributed by atoms with E-state index >= 15 is 0 Å². The first-order chi connectivity index (χ1) is 9.86. The molecule has 0 radical (unpaired) electrons. The van der Waals surface area contributed by atoms with E-state index in [1.807, 2.05) is 18.2 Å². The third kappa shape index (κ3) is 2.92. The Morgan fingerprint density at radius 3 is 3.10 bits per heavy atom. The Morgan fingerprint density at radius 1 is 1.40 bits per heavy atom. The van der Waals surface area contributed by atoms with Crippen LogP contribution in [0.15, 0.2) is 30.3 Å². The standard InChI is InChI=1S/C16H20N2O2/c1-2-17-16-13(10-20-14-7-8-19-11-14)9-12-5-3-4-6-15(12)18-16/h3-6,9,14H,2,7-8,10-11H2,1H3,(H,17,18). The number of benzene rings is 1. The van der Waals surface area contributed by atoms with Gasteiger partial charge >= 0.3 is 0 Å². The Hall–Kier alpha value is -1.65. The fourth-order valence-electron chi connectivity index (χ4n) is 2.44. The summed E-state index contributed by atoms with van der Waals surface area (Å²) in [6.07, 6.45) is 1.20. The number of para-hydroxylation sites is 1. The molecule has 106 valence electrons. The number of anilines is 1. The molecule has 3 rings (SSSR count). The minimum absolute atomic E-state index is 0.218. The predicted octanol–water partition coefficient (Wildman–Crippen LogP) is 2.97. The Labute approximate surface area is 119 Å². The highest BCUT2D eigenvalue weighted by molar-refractivity contribution is 5.81. The molecule has 0 saturated carbocycles. The van der Waals surface area contributed by atoms with Crippen LogP contribution in [0.1, 0.15) is 18.9 Å². The molecule has 1 atom stereocenters. The van der Waals surface area contributed by atoms with Gasteiger partial charge < -0.3 is 14.8 Å². The van der Waals surface area contributed by atoms with Gasteiger partial charge in [0, 0.05) is 24.1 Å². The molecule has 0 amide bonds. The fourth-order valence-corrected chi connectivity index (χ4v) is 2.44. The van der Waals surface area contributed by atoms with Crippen molar-refractivity contribution in [3.8, 4) is 0 Å². The van der Waals surface area contributed by atoms with Gasteiger partial charge in [-0.25, -0.2) is 4.98 Å². The number of pyridine rings is 1. The summed E-state index contributed by atoms with van der Waals surface area (Å²) in [7, 11) is 0. The third-order valence-corrected chi connectivity index (χ3v) is 3.51. The maximum Gasteiger partial charge on any atom is 0.132 e. The van der Waals surface area contributed by atoms with Crippen LogP contribution < -0.4 is 5.32 Å². The van der Waals surface area contributed by atoms with E-state index < -0.39 is 0 Å². The summed E-state index contributed by atoms with van der Waals surface area (Å²) in [5.74, 6) is 0.921. The van der Waals surface area contributed by atoms with E-state index in [0.29, 0.717) is 13.2 Å². The summed E-state index contributed by atoms with van der Waals surface area (Å²) in [5.41, 5.74) is 2.12. The molecule has 1 aromatic carbocycles. The zero-order valence-corrected chi connectivity index (χ0v) is 11.8. The second-order valence-electron chi connectivity index (χ2n) is 5.02. The lowest BCUT2D eigenvalue weighted by atomic mass is 10.1. The first kappa shape index (κ1) is 13.3. The summed E-state index contributed by atoms with van der Waals surface area (Å²) in [6, 6.07) is 10.3. The van der Waals surface area contributed by atoms with Crippen LogP contribution in [0.25, 0.3) is 10.9 Å². The van der Waals surface area contributed by atoms with Gasteiger partial charge in [-0.05, 0) is 25.5 Å². The molecule has 4 heteroatoms. The minimum Gasteiger partial charge on any atom is -0.379 e. The van der Waals surface area contributed by atoms with Crippen LogP contribution in [0.2, 0.25) is 0 Å². The van der Waals surface area contributed by atoms with Crippen molar-refractivity contribution >= 4 is 16.7 Å². The second kappa shape index (κ2) is 6.20. The van der Waals surface area contributed by atoms with Gasteiger partial charge in [0.05, 0.1) is 24.8 Å². The topological polar surface area (TPSA) is 43.4 Å². The van der Waals surface area contributed by atoms with E-state index in [2.05, 4.69) is 29.4 Å². The minimum atomic E-state index is 0.218. The van der Waals surface area contributed by atoms with Gasteiger partial charge in [0.25, 0.3) is 0 Å². The van der Waals surface area contributed by atoms with Gasteiger partial charge in [-0.2, -0.15) is 0 Å². The number of nitrogens with one attached hydrogen (secondary N) is 1. The smallest absolute Gasteiger partial charge is 0.132 e. The van der Waals surface area contributed by atoms with Crippen molar-refractivity contribution in [2.24, 2.45) is 0 Å². The van der Waals surface area contributed by atoms with E-state index in [-0.39, 0.29) is 6.10 Å². The molecule has 2 heterocycles. The lowest BCUT2D eigenvalue weighted by molar-refractivity contribution is 0.0319. The van der Waals surface area contributed by atoms with Crippen molar-refractivity contribution in [2.45, 2.75) is 26.1 Å². The molecule has 1 unspecified atom stereocenters. The normalized spacial score (nSPS) is 18.6. The third-order valence-electron chi connectivity index (χ3n) is 3.51. The fraction of sp³-hybridized carbons (Fsp3) is 0.438. The molecule has 2 aromatic rings. The quantitative estimate of drug-likeness (QED) is 0.908. The molecule has 0 aliphatic carbocycles. The SMILES string of the molecule is CCNc1nc2ccccc2cc1COC1CCOC1. The maximum absolute atomic E-state index is 5.92. The molecular formula is C16H20N2O2. The van der Waals surface area contributed by atoms with Gasteiger partial charge in [-0.1, -0.05) is 18.2 Å². The van der Waals surface area contributed by atoms with Crippen LogP contribution in [-0.2, 0) is 16.1 Å². The number of aromatic nitrogens is 1. The van der Waals surface area contributed by atoms with Gasteiger partial charge in [-0.3, -0.25) is 0 Å². The van der Waals surface area contributed by atoms with Crippen molar-refractivity contribution in [3.63, 3.8) is 0 Å². The van der Waals surface area contributed by atoms with Crippen molar-refractivity contribution in [1.82, 2.24) is 4.98 Å². The van der Waals surface area contributed by atoms with E-state index in [4.69, 9.17) is 9.47 Å². The van der Waals surface area contributed by atoms with Crippen molar-refractivity contribution in [1.29, 1.82) is 0 Å². The van der Waals surface area contributed by atoms with Crippen LogP contribution in [0.5, 0.6) is 0 Å². The first-order valence-electron chi connectivity index (χ1n) is 7.18. The van der Waals surface area contributed by atoms with Crippen LogP contribution in [-0.4, -0.2) is 30.8 Å². The number of hydrogen-bond acceptors (Lipinski definition) is 4.